The number of fused-ring (bicyclic) bond motifs is 3. The van der Waals surface area contributed by atoms with Crippen molar-refractivity contribution in [2.75, 3.05) is 6.54 Å². The third-order valence-electron chi connectivity index (χ3n) is 5.73. The van der Waals surface area contributed by atoms with E-state index in [1.807, 2.05) is 0 Å². The van der Waals surface area contributed by atoms with E-state index in [4.69, 9.17) is 4.99 Å². The molecule has 0 radical (unpaired) electrons. The van der Waals surface area contributed by atoms with Crippen LogP contribution < -0.4 is 0 Å². The van der Waals surface area contributed by atoms with Crippen LogP contribution in [0.1, 0.15) is 57.2 Å². The summed E-state index contributed by atoms with van der Waals surface area (Å²) in [5.41, 5.74) is 8.53. The fourth-order valence-electron chi connectivity index (χ4n) is 4.38. The lowest BCUT2D eigenvalue weighted by molar-refractivity contribution is 0.440. The highest BCUT2D eigenvalue weighted by Crippen LogP contribution is 2.49. The molecule has 0 bridgehead atoms. The van der Waals surface area contributed by atoms with Crippen LogP contribution in [0.3, 0.4) is 0 Å². The number of hydrogen-bond acceptors (Lipinski definition) is 1. The first-order chi connectivity index (χ1) is 10.9. The Bertz CT molecular complexity index is 808. The molecule has 2 aliphatic rings. The van der Waals surface area contributed by atoms with Crippen LogP contribution in [0.15, 0.2) is 47.5 Å². The second-order valence-corrected chi connectivity index (χ2v) is 8.15. The maximum Gasteiger partial charge on any atom is 0.0476 e. The molecule has 1 aliphatic carbocycles. The quantitative estimate of drug-likeness (QED) is 0.650. The minimum Gasteiger partial charge on any atom is -0.289 e. The van der Waals surface area contributed by atoms with Gasteiger partial charge < -0.3 is 0 Å². The zero-order valence-electron chi connectivity index (χ0n) is 14.6. The Morgan fingerprint density at radius 1 is 0.870 bits per heavy atom. The molecule has 1 aliphatic heterocycles. The van der Waals surface area contributed by atoms with E-state index in [1.54, 1.807) is 0 Å². The number of benzene rings is 2. The summed E-state index contributed by atoms with van der Waals surface area (Å²) in [6.07, 6.45) is 2.44. The second kappa shape index (κ2) is 4.80. The molecule has 0 spiro atoms. The van der Waals surface area contributed by atoms with Crippen molar-refractivity contribution in [1.82, 2.24) is 0 Å². The molecule has 0 amide bonds. The van der Waals surface area contributed by atoms with Crippen LogP contribution in [0.2, 0.25) is 0 Å². The predicted octanol–water partition coefficient (Wildman–Crippen LogP) is 5.60. The number of hydrogen-bond donors (Lipinski definition) is 0. The highest BCUT2D eigenvalue weighted by Gasteiger charge is 2.36. The molecule has 0 atom stereocenters. The summed E-state index contributed by atoms with van der Waals surface area (Å²) in [4.78, 5) is 4.89. The molecule has 1 nitrogen and oxygen atoms in total. The van der Waals surface area contributed by atoms with Gasteiger partial charge in [-0.1, -0.05) is 64.1 Å². The van der Waals surface area contributed by atoms with Gasteiger partial charge in [0.2, 0.25) is 0 Å². The number of nitrogens with zero attached hydrogens (tertiary/aromatic N) is 1. The minimum absolute atomic E-state index is 0.0707. The Morgan fingerprint density at radius 2 is 1.61 bits per heavy atom. The molecule has 0 N–H and O–H groups in total. The molecule has 0 saturated heterocycles. The summed E-state index contributed by atoms with van der Waals surface area (Å²) in [6.45, 7) is 10.3. The molecule has 2 aromatic carbocycles. The number of aliphatic imine (C=N–C) groups is 1. The molecule has 0 saturated carbocycles. The van der Waals surface area contributed by atoms with E-state index in [0.29, 0.717) is 0 Å². The van der Waals surface area contributed by atoms with Gasteiger partial charge in [0.05, 0.1) is 0 Å². The molecule has 118 valence electrons. The van der Waals surface area contributed by atoms with Crippen molar-refractivity contribution in [3.8, 4) is 11.1 Å². The van der Waals surface area contributed by atoms with E-state index >= 15 is 0 Å². The standard InChI is InChI=1S/C22H25N/c1-21(2)12-7-13-23-20(21)15-10-11-17-16-8-5-6-9-18(16)22(3,4)19(17)14-15/h5-6,8-11,14H,7,12-13H2,1-4H3. The molecule has 2 aromatic rings. The second-order valence-electron chi connectivity index (χ2n) is 8.15. The molecule has 23 heavy (non-hydrogen) atoms. The van der Waals surface area contributed by atoms with Gasteiger partial charge in [0.15, 0.2) is 0 Å². The smallest absolute Gasteiger partial charge is 0.0476 e. The molecular weight excluding hydrogens is 278 g/mol. The van der Waals surface area contributed by atoms with Crippen LogP contribution in [0.4, 0.5) is 0 Å². The first-order valence-corrected chi connectivity index (χ1v) is 8.71. The Balaban J connectivity index is 1.88. The normalized spacial score (nSPS) is 20.6. The summed E-state index contributed by atoms with van der Waals surface area (Å²) < 4.78 is 0. The third-order valence-corrected chi connectivity index (χ3v) is 5.73. The fraction of sp³-hybridized carbons (Fsp3) is 0.409. The van der Waals surface area contributed by atoms with Crippen molar-refractivity contribution < 1.29 is 0 Å². The monoisotopic (exact) mass is 303 g/mol. The van der Waals surface area contributed by atoms with Crippen molar-refractivity contribution in [3.63, 3.8) is 0 Å². The zero-order valence-corrected chi connectivity index (χ0v) is 14.6. The van der Waals surface area contributed by atoms with Crippen LogP contribution >= 0.6 is 0 Å². The predicted molar refractivity (Wildman–Crippen MR) is 98.4 cm³/mol. The lowest BCUT2D eigenvalue weighted by Gasteiger charge is -2.31. The molecule has 1 heterocycles. The summed E-state index contributed by atoms with van der Waals surface area (Å²) in [5, 5.41) is 0. The first-order valence-electron chi connectivity index (χ1n) is 8.71. The molecule has 1 heteroatoms. The average molecular weight is 303 g/mol. The van der Waals surface area contributed by atoms with E-state index in [0.717, 1.165) is 6.54 Å². The van der Waals surface area contributed by atoms with E-state index in [9.17, 15) is 0 Å². The lowest BCUT2D eigenvalue weighted by Crippen LogP contribution is -2.29. The van der Waals surface area contributed by atoms with Crippen LogP contribution in [-0.2, 0) is 5.41 Å². The van der Waals surface area contributed by atoms with Crippen molar-refractivity contribution in [2.24, 2.45) is 10.4 Å². The molecule has 0 fully saturated rings. The maximum absolute atomic E-state index is 4.89. The maximum atomic E-state index is 4.89. The fourth-order valence-corrected chi connectivity index (χ4v) is 4.38. The Kier molecular flexibility index (Phi) is 3.07. The Labute approximate surface area is 139 Å². The Morgan fingerprint density at radius 3 is 2.39 bits per heavy atom. The van der Waals surface area contributed by atoms with Crippen LogP contribution in [0.25, 0.3) is 11.1 Å². The molecule has 0 unspecified atom stereocenters. The van der Waals surface area contributed by atoms with Crippen molar-refractivity contribution in [3.05, 3.63) is 59.2 Å². The SMILES string of the molecule is CC1(C)CCCN=C1c1ccc2c(c1)C(C)(C)c1ccccc1-2. The topological polar surface area (TPSA) is 12.4 Å². The van der Waals surface area contributed by atoms with Crippen LogP contribution in [-0.4, -0.2) is 12.3 Å². The third kappa shape index (κ3) is 2.09. The molecule has 4 rings (SSSR count). The van der Waals surface area contributed by atoms with Gasteiger partial charge in [0.1, 0.15) is 0 Å². The minimum atomic E-state index is 0.0707. The van der Waals surface area contributed by atoms with Gasteiger partial charge in [-0.2, -0.15) is 0 Å². The largest absolute Gasteiger partial charge is 0.289 e. The highest BCUT2D eigenvalue weighted by atomic mass is 14.8. The van der Waals surface area contributed by atoms with E-state index in [2.05, 4.69) is 70.2 Å². The summed E-state index contributed by atoms with van der Waals surface area (Å²) >= 11 is 0. The van der Waals surface area contributed by atoms with Crippen molar-refractivity contribution >= 4 is 5.71 Å². The van der Waals surface area contributed by atoms with Gasteiger partial charge in [-0.05, 0) is 46.7 Å². The van der Waals surface area contributed by atoms with Crippen molar-refractivity contribution in [2.45, 2.75) is 46.0 Å². The van der Waals surface area contributed by atoms with E-state index in [1.165, 1.54) is 46.4 Å². The lowest BCUT2D eigenvalue weighted by atomic mass is 9.76. The van der Waals surface area contributed by atoms with Gasteiger partial charge in [-0.25, -0.2) is 0 Å². The van der Waals surface area contributed by atoms with Gasteiger partial charge >= 0.3 is 0 Å². The zero-order chi connectivity index (χ0) is 16.2. The molecule has 0 aromatic heterocycles. The summed E-state index contributed by atoms with van der Waals surface area (Å²) in [5.74, 6) is 0. The first kappa shape index (κ1) is 14.7. The van der Waals surface area contributed by atoms with Gasteiger partial charge in [-0.3, -0.25) is 4.99 Å². The number of rotatable bonds is 1. The van der Waals surface area contributed by atoms with E-state index in [-0.39, 0.29) is 10.8 Å². The van der Waals surface area contributed by atoms with Gasteiger partial charge in [0.25, 0.3) is 0 Å². The van der Waals surface area contributed by atoms with E-state index < -0.39 is 0 Å². The Hall–Kier alpha value is -1.89. The average Bonchev–Trinajstić information content (AvgIpc) is 2.75. The summed E-state index contributed by atoms with van der Waals surface area (Å²) in [7, 11) is 0. The molecular formula is C22H25N. The van der Waals surface area contributed by atoms with Crippen molar-refractivity contribution in [1.29, 1.82) is 0 Å². The van der Waals surface area contributed by atoms with Gasteiger partial charge in [-0.15, -0.1) is 0 Å². The van der Waals surface area contributed by atoms with Crippen LogP contribution in [0, 0.1) is 5.41 Å². The van der Waals surface area contributed by atoms with Gasteiger partial charge in [0, 0.05) is 23.1 Å². The highest BCUT2D eigenvalue weighted by molar-refractivity contribution is 6.05. The summed E-state index contributed by atoms with van der Waals surface area (Å²) in [6, 6.07) is 15.8. The van der Waals surface area contributed by atoms with Crippen LogP contribution in [0.5, 0.6) is 0 Å².